The second kappa shape index (κ2) is 3.46. The third-order valence-electron chi connectivity index (χ3n) is 1.50. The molecule has 2 nitrogen and oxygen atoms in total. The van der Waals surface area contributed by atoms with E-state index in [2.05, 4.69) is 23.8 Å². The molecule has 2 heteroatoms. The first kappa shape index (κ1) is 8.18. The van der Waals surface area contributed by atoms with Crippen LogP contribution in [-0.2, 0) is 6.42 Å². The Balaban J connectivity index is 2.78. The lowest BCUT2D eigenvalue weighted by molar-refractivity contribution is 0.882. The van der Waals surface area contributed by atoms with Crippen LogP contribution in [0.25, 0.3) is 0 Å². The largest absolute Gasteiger partial charge is 0.258 e. The molecule has 0 aliphatic rings. The first-order chi connectivity index (χ1) is 5.20. The van der Waals surface area contributed by atoms with E-state index in [0.29, 0.717) is 0 Å². The molecule has 0 saturated heterocycles. The standard InChI is InChI=1S/C9H13N2/c1-7(2)6-9-8(3)10-4-5-11-9/h4-5H,6H2,1-3H3. The summed E-state index contributed by atoms with van der Waals surface area (Å²) in [5.74, 6) is 1.37. The van der Waals surface area contributed by atoms with Crippen molar-refractivity contribution in [1.29, 1.82) is 0 Å². The molecule has 1 rings (SSSR count). The number of hydrogen-bond acceptors (Lipinski definition) is 2. The van der Waals surface area contributed by atoms with Crippen molar-refractivity contribution in [3.05, 3.63) is 29.7 Å². The van der Waals surface area contributed by atoms with E-state index in [9.17, 15) is 0 Å². The minimum absolute atomic E-state index is 0.944. The molecule has 1 aromatic heterocycles. The Labute approximate surface area is 67.7 Å². The molecule has 0 atom stereocenters. The average Bonchev–Trinajstić information content (AvgIpc) is 1.93. The molecule has 0 spiro atoms. The minimum atomic E-state index is 0.944. The van der Waals surface area contributed by atoms with E-state index in [1.54, 1.807) is 12.4 Å². The fourth-order valence-electron chi connectivity index (χ4n) is 0.945. The maximum Gasteiger partial charge on any atom is 0.0621 e. The average molecular weight is 149 g/mol. The first-order valence-corrected chi connectivity index (χ1v) is 3.75. The van der Waals surface area contributed by atoms with Gasteiger partial charge in [0.2, 0.25) is 0 Å². The molecular weight excluding hydrogens is 136 g/mol. The van der Waals surface area contributed by atoms with Crippen LogP contribution in [0.3, 0.4) is 0 Å². The van der Waals surface area contributed by atoms with E-state index >= 15 is 0 Å². The summed E-state index contributed by atoms with van der Waals surface area (Å²) in [5, 5.41) is 0. The molecular formula is C9H13N2. The molecule has 0 fully saturated rings. The van der Waals surface area contributed by atoms with Crippen LogP contribution < -0.4 is 0 Å². The van der Waals surface area contributed by atoms with Gasteiger partial charge in [0, 0.05) is 12.4 Å². The van der Waals surface area contributed by atoms with Crippen LogP contribution in [-0.4, -0.2) is 9.97 Å². The summed E-state index contributed by atoms with van der Waals surface area (Å²) in [6.07, 6.45) is 4.41. The van der Waals surface area contributed by atoms with E-state index in [0.717, 1.165) is 17.8 Å². The third-order valence-corrected chi connectivity index (χ3v) is 1.50. The van der Waals surface area contributed by atoms with Crippen LogP contribution in [0.1, 0.15) is 25.2 Å². The van der Waals surface area contributed by atoms with Gasteiger partial charge in [0.15, 0.2) is 0 Å². The van der Waals surface area contributed by atoms with Gasteiger partial charge >= 0.3 is 0 Å². The summed E-state index contributed by atoms with van der Waals surface area (Å²) in [6.45, 7) is 6.20. The number of aromatic nitrogens is 2. The Bertz CT molecular complexity index is 231. The molecule has 0 unspecified atom stereocenters. The van der Waals surface area contributed by atoms with Crippen molar-refractivity contribution in [2.45, 2.75) is 27.2 Å². The summed E-state index contributed by atoms with van der Waals surface area (Å²) < 4.78 is 0. The van der Waals surface area contributed by atoms with Crippen molar-refractivity contribution in [2.24, 2.45) is 0 Å². The summed E-state index contributed by atoms with van der Waals surface area (Å²) >= 11 is 0. The van der Waals surface area contributed by atoms with Gasteiger partial charge in [-0.25, -0.2) is 0 Å². The first-order valence-electron chi connectivity index (χ1n) is 3.75. The molecule has 0 aliphatic heterocycles. The van der Waals surface area contributed by atoms with E-state index in [1.807, 2.05) is 6.92 Å². The molecule has 0 aromatic carbocycles. The van der Waals surface area contributed by atoms with Crippen molar-refractivity contribution in [3.63, 3.8) is 0 Å². The molecule has 59 valence electrons. The zero-order valence-corrected chi connectivity index (χ0v) is 7.26. The summed E-state index contributed by atoms with van der Waals surface area (Å²) in [6, 6.07) is 0. The van der Waals surface area contributed by atoms with Crippen LogP contribution in [0.5, 0.6) is 0 Å². The topological polar surface area (TPSA) is 25.8 Å². The fraction of sp³-hybridized carbons (Fsp3) is 0.444. The Hall–Kier alpha value is -0.920. The van der Waals surface area contributed by atoms with Gasteiger partial charge in [-0.15, -0.1) is 0 Å². The molecule has 11 heavy (non-hydrogen) atoms. The molecule has 0 amide bonds. The smallest absolute Gasteiger partial charge is 0.0621 e. The minimum Gasteiger partial charge on any atom is -0.258 e. The number of aryl methyl sites for hydroxylation is 1. The van der Waals surface area contributed by atoms with E-state index in [1.165, 1.54) is 5.92 Å². The highest BCUT2D eigenvalue weighted by atomic mass is 14.8. The highest BCUT2D eigenvalue weighted by Gasteiger charge is 2.02. The van der Waals surface area contributed by atoms with Crippen molar-refractivity contribution in [3.8, 4) is 0 Å². The predicted octanol–water partition coefficient (Wildman–Crippen LogP) is 1.94. The van der Waals surface area contributed by atoms with Crippen molar-refractivity contribution < 1.29 is 0 Å². The second-order valence-corrected chi connectivity index (χ2v) is 2.97. The SMILES string of the molecule is C[C](C)Cc1nccnc1C. The summed E-state index contributed by atoms with van der Waals surface area (Å²) in [4.78, 5) is 8.39. The Morgan fingerprint density at radius 1 is 1.27 bits per heavy atom. The summed E-state index contributed by atoms with van der Waals surface area (Å²) in [5.41, 5.74) is 2.13. The van der Waals surface area contributed by atoms with Crippen LogP contribution in [0.4, 0.5) is 0 Å². The van der Waals surface area contributed by atoms with Crippen molar-refractivity contribution in [1.82, 2.24) is 9.97 Å². The molecule has 1 heterocycles. The molecule has 1 aromatic rings. The summed E-state index contributed by atoms with van der Waals surface area (Å²) in [7, 11) is 0. The maximum atomic E-state index is 4.24. The van der Waals surface area contributed by atoms with Gasteiger partial charge in [-0.05, 0) is 19.3 Å². The van der Waals surface area contributed by atoms with Crippen molar-refractivity contribution in [2.75, 3.05) is 0 Å². The second-order valence-electron chi connectivity index (χ2n) is 2.97. The van der Waals surface area contributed by atoms with E-state index in [-0.39, 0.29) is 0 Å². The number of rotatable bonds is 2. The van der Waals surface area contributed by atoms with Gasteiger partial charge < -0.3 is 0 Å². The van der Waals surface area contributed by atoms with Gasteiger partial charge in [-0.1, -0.05) is 13.8 Å². The van der Waals surface area contributed by atoms with Gasteiger partial charge in [-0.2, -0.15) is 0 Å². The molecule has 0 saturated carbocycles. The van der Waals surface area contributed by atoms with Crippen LogP contribution in [0, 0.1) is 12.8 Å². The number of hydrogen-bond donors (Lipinski definition) is 0. The lowest BCUT2D eigenvalue weighted by atomic mass is 10.1. The Morgan fingerprint density at radius 2 is 1.91 bits per heavy atom. The van der Waals surface area contributed by atoms with E-state index in [4.69, 9.17) is 0 Å². The number of nitrogens with zero attached hydrogens (tertiary/aromatic N) is 2. The van der Waals surface area contributed by atoms with Crippen LogP contribution >= 0.6 is 0 Å². The Kier molecular flexibility index (Phi) is 2.58. The predicted molar refractivity (Wildman–Crippen MR) is 45.1 cm³/mol. The lowest BCUT2D eigenvalue weighted by Crippen LogP contribution is -1.99. The van der Waals surface area contributed by atoms with Gasteiger partial charge in [0.25, 0.3) is 0 Å². The van der Waals surface area contributed by atoms with Gasteiger partial charge in [0.05, 0.1) is 11.4 Å². The zero-order chi connectivity index (χ0) is 8.27. The molecule has 1 radical (unpaired) electrons. The normalized spacial score (nSPS) is 10.5. The van der Waals surface area contributed by atoms with Gasteiger partial charge in [-0.3, -0.25) is 9.97 Å². The van der Waals surface area contributed by atoms with E-state index < -0.39 is 0 Å². The van der Waals surface area contributed by atoms with Crippen LogP contribution in [0.15, 0.2) is 12.4 Å². The lowest BCUT2D eigenvalue weighted by Gasteiger charge is -2.04. The molecule has 0 aliphatic carbocycles. The van der Waals surface area contributed by atoms with Crippen molar-refractivity contribution >= 4 is 0 Å². The molecule has 0 N–H and O–H groups in total. The highest BCUT2D eigenvalue weighted by Crippen LogP contribution is 2.08. The highest BCUT2D eigenvalue weighted by molar-refractivity contribution is 5.12. The maximum absolute atomic E-state index is 4.24. The quantitative estimate of drug-likeness (QED) is 0.642. The van der Waals surface area contributed by atoms with Gasteiger partial charge in [0.1, 0.15) is 0 Å². The zero-order valence-electron chi connectivity index (χ0n) is 7.26. The molecule has 0 bridgehead atoms. The fourth-order valence-corrected chi connectivity index (χ4v) is 0.945. The monoisotopic (exact) mass is 149 g/mol. The van der Waals surface area contributed by atoms with Crippen LogP contribution in [0.2, 0.25) is 0 Å². The third kappa shape index (κ3) is 2.30. The Morgan fingerprint density at radius 3 is 2.45 bits per heavy atom.